The van der Waals surface area contributed by atoms with Crippen molar-refractivity contribution in [1.29, 1.82) is 0 Å². The van der Waals surface area contributed by atoms with Crippen LogP contribution in [0.4, 0.5) is 5.82 Å². The van der Waals surface area contributed by atoms with Gasteiger partial charge in [0.1, 0.15) is 5.82 Å². The fraction of sp³-hybridized carbons (Fsp3) is 0.0909. The number of hydrogen-bond donors (Lipinski definition) is 1. The number of aryl methyl sites for hydroxylation is 1. The maximum absolute atomic E-state index is 11.5. The van der Waals surface area contributed by atoms with Crippen LogP contribution in [0.5, 0.6) is 0 Å². The molecule has 0 radical (unpaired) electrons. The highest BCUT2D eigenvalue weighted by molar-refractivity contribution is 6.01. The normalized spacial score (nSPS) is 9.93. The highest BCUT2D eigenvalue weighted by atomic mass is 16.3. The summed E-state index contributed by atoms with van der Waals surface area (Å²) in [5, 5.41) is 2.63. The number of amides is 1. The standard InChI is InChI=1S/C11H10N2O2/c1-8-4-5-10(12-7-8)13-11(14)9-3-2-6-15-9/h2-7H,1H3,(H,12,13,14). The second kappa shape index (κ2) is 3.96. The molecule has 4 heteroatoms. The summed E-state index contributed by atoms with van der Waals surface area (Å²) in [7, 11) is 0. The van der Waals surface area contributed by atoms with E-state index in [1.165, 1.54) is 6.26 Å². The van der Waals surface area contributed by atoms with E-state index < -0.39 is 0 Å². The number of furan rings is 1. The average Bonchev–Trinajstić information content (AvgIpc) is 2.74. The Bertz CT molecular complexity index is 446. The topological polar surface area (TPSA) is 55.1 Å². The Morgan fingerprint density at radius 1 is 1.40 bits per heavy atom. The number of aromatic nitrogens is 1. The third kappa shape index (κ3) is 2.22. The van der Waals surface area contributed by atoms with Crippen molar-refractivity contribution in [2.45, 2.75) is 6.92 Å². The van der Waals surface area contributed by atoms with Gasteiger partial charge in [-0.05, 0) is 30.7 Å². The molecule has 0 unspecified atom stereocenters. The molecule has 4 nitrogen and oxygen atoms in total. The van der Waals surface area contributed by atoms with Gasteiger partial charge in [-0.25, -0.2) is 4.98 Å². The molecule has 15 heavy (non-hydrogen) atoms. The Balaban J connectivity index is 2.09. The van der Waals surface area contributed by atoms with E-state index in [1.807, 2.05) is 13.0 Å². The van der Waals surface area contributed by atoms with Crippen LogP contribution < -0.4 is 5.32 Å². The van der Waals surface area contributed by atoms with Gasteiger partial charge in [0.25, 0.3) is 5.91 Å². The molecule has 2 aromatic rings. The Morgan fingerprint density at radius 3 is 2.87 bits per heavy atom. The molecule has 0 saturated carbocycles. The van der Waals surface area contributed by atoms with Gasteiger partial charge in [0, 0.05) is 6.20 Å². The lowest BCUT2D eigenvalue weighted by atomic mass is 10.3. The minimum Gasteiger partial charge on any atom is -0.459 e. The second-order valence-corrected chi connectivity index (χ2v) is 3.15. The lowest BCUT2D eigenvalue weighted by Gasteiger charge is -2.01. The van der Waals surface area contributed by atoms with Gasteiger partial charge >= 0.3 is 0 Å². The molecule has 1 amide bonds. The highest BCUT2D eigenvalue weighted by Crippen LogP contribution is 2.07. The molecule has 0 saturated heterocycles. The molecule has 0 aliphatic heterocycles. The van der Waals surface area contributed by atoms with E-state index in [9.17, 15) is 4.79 Å². The molecule has 0 aliphatic carbocycles. The molecular formula is C11H10N2O2. The Morgan fingerprint density at radius 2 is 2.27 bits per heavy atom. The van der Waals surface area contributed by atoms with Crippen LogP contribution in [0, 0.1) is 6.92 Å². The minimum atomic E-state index is -0.295. The largest absolute Gasteiger partial charge is 0.459 e. The Hall–Kier alpha value is -2.10. The number of hydrogen-bond acceptors (Lipinski definition) is 3. The van der Waals surface area contributed by atoms with Crippen molar-refractivity contribution in [3.63, 3.8) is 0 Å². The van der Waals surface area contributed by atoms with Crippen LogP contribution in [0.3, 0.4) is 0 Å². The first-order chi connectivity index (χ1) is 7.25. The molecule has 0 atom stereocenters. The van der Waals surface area contributed by atoms with Crippen LogP contribution in [-0.4, -0.2) is 10.9 Å². The summed E-state index contributed by atoms with van der Waals surface area (Å²) in [6.45, 7) is 1.94. The Kier molecular flexibility index (Phi) is 2.49. The summed E-state index contributed by atoms with van der Waals surface area (Å²) in [6.07, 6.45) is 3.15. The number of carbonyl (C=O) groups is 1. The molecule has 0 aromatic carbocycles. The molecule has 76 valence electrons. The summed E-state index contributed by atoms with van der Waals surface area (Å²) >= 11 is 0. The number of nitrogens with zero attached hydrogens (tertiary/aromatic N) is 1. The number of carbonyl (C=O) groups excluding carboxylic acids is 1. The van der Waals surface area contributed by atoms with Gasteiger partial charge in [0.05, 0.1) is 6.26 Å². The van der Waals surface area contributed by atoms with Crippen LogP contribution in [0.2, 0.25) is 0 Å². The average molecular weight is 202 g/mol. The first-order valence-electron chi connectivity index (χ1n) is 4.53. The molecular weight excluding hydrogens is 192 g/mol. The van der Waals surface area contributed by atoms with Gasteiger partial charge in [-0.15, -0.1) is 0 Å². The van der Waals surface area contributed by atoms with Crippen LogP contribution in [0.1, 0.15) is 16.1 Å². The molecule has 0 fully saturated rings. The summed E-state index contributed by atoms with van der Waals surface area (Å²) in [5.74, 6) is 0.496. The van der Waals surface area contributed by atoms with Crippen LogP contribution in [-0.2, 0) is 0 Å². The van der Waals surface area contributed by atoms with E-state index in [0.717, 1.165) is 5.56 Å². The van der Waals surface area contributed by atoms with Crippen molar-refractivity contribution in [2.75, 3.05) is 5.32 Å². The van der Waals surface area contributed by atoms with Crippen LogP contribution >= 0.6 is 0 Å². The van der Waals surface area contributed by atoms with Gasteiger partial charge in [-0.2, -0.15) is 0 Å². The maximum atomic E-state index is 11.5. The predicted molar refractivity (Wildman–Crippen MR) is 55.6 cm³/mol. The van der Waals surface area contributed by atoms with E-state index in [0.29, 0.717) is 5.82 Å². The van der Waals surface area contributed by atoms with Crippen molar-refractivity contribution in [3.05, 3.63) is 48.0 Å². The lowest BCUT2D eigenvalue weighted by molar-refractivity contribution is 0.0996. The Labute approximate surface area is 86.9 Å². The van der Waals surface area contributed by atoms with Gasteiger partial charge in [-0.1, -0.05) is 6.07 Å². The molecule has 2 heterocycles. The van der Waals surface area contributed by atoms with Crippen molar-refractivity contribution in [2.24, 2.45) is 0 Å². The first-order valence-corrected chi connectivity index (χ1v) is 4.53. The molecule has 1 N–H and O–H groups in total. The quantitative estimate of drug-likeness (QED) is 0.812. The van der Waals surface area contributed by atoms with Crippen molar-refractivity contribution < 1.29 is 9.21 Å². The maximum Gasteiger partial charge on any atom is 0.292 e. The van der Waals surface area contributed by atoms with E-state index in [1.54, 1.807) is 24.4 Å². The summed E-state index contributed by atoms with van der Waals surface area (Å²) in [6, 6.07) is 6.89. The minimum absolute atomic E-state index is 0.275. The zero-order chi connectivity index (χ0) is 10.7. The van der Waals surface area contributed by atoms with E-state index >= 15 is 0 Å². The van der Waals surface area contributed by atoms with Crippen molar-refractivity contribution in [3.8, 4) is 0 Å². The zero-order valence-electron chi connectivity index (χ0n) is 8.23. The van der Waals surface area contributed by atoms with Gasteiger partial charge in [0.2, 0.25) is 0 Å². The fourth-order valence-corrected chi connectivity index (χ4v) is 1.13. The fourth-order valence-electron chi connectivity index (χ4n) is 1.13. The highest BCUT2D eigenvalue weighted by Gasteiger charge is 2.08. The van der Waals surface area contributed by atoms with E-state index in [4.69, 9.17) is 4.42 Å². The van der Waals surface area contributed by atoms with Crippen molar-refractivity contribution in [1.82, 2.24) is 4.98 Å². The van der Waals surface area contributed by atoms with E-state index in [-0.39, 0.29) is 11.7 Å². The molecule has 0 aliphatic rings. The lowest BCUT2D eigenvalue weighted by Crippen LogP contribution is -2.11. The zero-order valence-corrected chi connectivity index (χ0v) is 8.23. The molecule has 2 rings (SSSR count). The number of pyridine rings is 1. The third-order valence-corrected chi connectivity index (χ3v) is 1.90. The van der Waals surface area contributed by atoms with Crippen molar-refractivity contribution >= 4 is 11.7 Å². The molecule has 0 bridgehead atoms. The summed E-state index contributed by atoms with van der Waals surface area (Å²) in [4.78, 5) is 15.6. The number of anilines is 1. The van der Waals surface area contributed by atoms with Gasteiger partial charge < -0.3 is 9.73 Å². The van der Waals surface area contributed by atoms with Crippen LogP contribution in [0.15, 0.2) is 41.1 Å². The number of nitrogens with one attached hydrogen (secondary N) is 1. The molecule has 2 aromatic heterocycles. The monoisotopic (exact) mass is 202 g/mol. The third-order valence-electron chi connectivity index (χ3n) is 1.90. The SMILES string of the molecule is Cc1ccc(NC(=O)c2ccco2)nc1. The summed E-state index contributed by atoms with van der Waals surface area (Å²) in [5.41, 5.74) is 1.05. The second-order valence-electron chi connectivity index (χ2n) is 3.15. The van der Waals surface area contributed by atoms with E-state index in [2.05, 4.69) is 10.3 Å². The summed E-state index contributed by atoms with van der Waals surface area (Å²) < 4.78 is 4.95. The van der Waals surface area contributed by atoms with Crippen LogP contribution in [0.25, 0.3) is 0 Å². The smallest absolute Gasteiger partial charge is 0.292 e. The predicted octanol–water partition coefficient (Wildman–Crippen LogP) is 2.24. The molecule has 0 spiro atoms. The van der Waals surface area contributed by atoms with Gasteiger partial charge in [0.15, 0.2) is 5.76 Å². The van der Waals surface area contributed by atoms with Gasteiger partial charge in [-0.3, -0.25) is 4.79 Å². The number of rotatable bonds is 2. The first kappa shape index (κ1) is 9.45.